The van der Waals surface area contributed by atoms with E-state index in [1.165, 1.54) is 0 Å². The van der Waals surface area contributed by atoms with Gasteiger partial charge in [0.1, 0.15) is 0 Å². The second kappa shape index (κ2) is 11.5. The Hall–Kier alpha value is -1.01. The Kier molecular flexibility index (Phi) is 13.6. The maximum atomic E-state index is 10.6. The molecule has 7 N–H and O–H groups in total. The van der Waals surface area contributed by atoms with Gasteiger partial charge in [-0.15, -0.1) is 0 Å². The van der Waals surface area contributed by atoms with Gasteiger partial charge in [-0.05, 0) is 0 Å². The summed E-state index contributed by atoms with van der Waals surface area (Å²) in [6.07, 6.45) is -1.86. The van der Waals surface area contributed by atoms with E-state index in [0.717, 1.165) is 0 Å². The molecular formula is C8H14NaO12P. The molecule has 0 saturated heterocycles. The summed E-state index contributed by atoms with van der Waals surface area (Å²) < 4.78 is 8.88. The van der Waals surface area contributed by atoms with Crippen molar-refractivity contribution in [2.24, 2.45) is 11.8 Å². The molecular weight excluding hydrogens is 342 g/mol. The summed E-state index contributed by atoms with van der Waals surface area (Å²) in [7, 11) is -4.64. The predicted octanol–water partition coefficient (Wildman–Crippen LogP) is -2.24. The van der Waals surface area contributed by atoms with Crippen LogP contribution in [-0.2, 0) is 23.7 Å². The molecule has 0 saturated carbocycles. The monoisotopic (exact) mass is 356 g/mol. The fourth-order valence-corrected chi connectivity index (χ4v) is 1.18. The average molecular weight is 356 g/mol. The molecule has 0 aliphatic heterocycles. The third kappa shape index (κ3) is 17.0. The minimum absolute atomic E-state index is 0. The summed E-state index contributed by atoms with van der Waals surface area (Å²) in [4.78, 5) is 63.5. The Morgan fingerprint density at radius 1 is 0.727 bits per heavy atom. The van der Waals surface area contributed by atoms with Crippen molar-refractivity contribution in [3.05, 3.63) is 0 Å². The summed E-state index contributed by atoms with van der Waals surface area (Å²) >= 11 is 0. The molecule has 0 heterocycles. The molecule has 14 heteroatoms. The van der Waals surface area contributed by atoms with Gasteiger partial charge in [0.25, 0.3) is 0 Å². The van der Waals surface area contributed by atoms with Crippen LogP contribution in [0, 0.1) is 11.8 Å². The van der Waals surface area contributed by atoms with Crippen LogP contribution in [0.1, 0.15) is 12.8 Å². The normalized spacial score (nSPS) is 12.7. The van der Waals surface area contributed by atoms with E-state index in [9.17, 15) is 19.2 Å². The van der Waals surface area contributed by atoms with Crippen molar-refractivity contribution in [2.75, 3.05) is 0 Å². The Balaban J connectivity index is -0.000000520. The molecule has 22 heavy (non-hydrogen) atoms. The topological polar surface area (TPSA) is 227 Å². The van der Waals surface area contributed by atoms with E-state index in [2.05, 4.69) is 0 Å². The van der Waals surface area contributed by atoms with Crippen molar-refractivity contribution in [1.82, 2.24) is 0 Å². The van der Waals surface area contributed by atoms with Gasteiger partial charge in [-0.2, -0.15) is 0 Å². The summed E-state index contributed by atoms with van der Waals surface area (Å²) in [6.45, 7) is 0. The van der Waals surface area contributed by atoms with Crippen LogP contribution in [0.3, 0.4) is 0 Å². The van der Waals surface area contributed by atoms with Gasteiger partial charge >= 0.3 is 61.3 Å². The minimum atomic E-state index is -4.64. The Morgan fingerprint density at radius 2 is 0.909 bits per heavy atom. The molecule has 0 aromatic heterocycles. The zero-order chi connectivity index (χ0) is 17.4. The van der Waals surface area contributed by atoms with Gasteiger partial charge in [0.15, 0.2) is 0 Å². The number of aliphatic carboxylic acids is 4. The van der Waals surface area contributed by atoms with Crippen LogP contribution in [0.5, 0.6) is 0 Å². The second-order valence-electron chi connectivity index (χ2n) is 3.60. The van der Waals surface area contributed by atoms with Crippen molar-refractivity contribution in [1.29, 1.82) is 0 Å². The van der Waals surface area contributed by atoms with Crippen molar-refractivity contribution >= 4 is 61.3 Å². The quantitative estimate of drug-likeness (QED) is 0.190. The number of phosphoric acid groups is 1. The molecule has 0 rings (SSSR count). The van der Waals surface area contributed by atoms with Crippen molar-refractivity contribution < 1.29 is 58.8 Å². The number of carboxylic acids is 4. The van der Waals surface area contributed by atoms with Gasteiger partial charge in [-0.25, -0.2) is 4.57 Å². The SMILES string of the molecule is O=C(O)CC(C(=O)O)C(CC(=O)O)C(=O)O.O=P(O)(O)O.[NaH]. The predicted molar refractivity (Wildman–Crippen MR) is 68.2 cm³/mol. The summed E-state index contributed by atoms with van der Waals surface area (Å²) in [5.41, 5.74) is 0. The fraction of sp³-hybridized carbons (Fsp3) is 0.500. The van der Waals surface area contributed by atoms with Crippen molar-refractivity contribution in [2.45, 2.75) is 12.8 Å². The molecule has 0 spiro atoms. The van der Waals surface area contributed by atoms with Gasteiger partial charge in [-0.1, -0.05) is 0 Å². The number of hydrogen-bond donors (Lipinski definition) is 7. The van der Waals surface area contributed by atoms with Gasteiger partial charge in [0, 0.05) is 0 Å². The Labute approximate surface area is 144 Å². The fourth-order valence-electron chi connectivity index (χ4n) is 1.18. The Morgan fingerprint density at radius 3 is 1.00 bits per heavy atom. The first-order valence-electron chi connectivity index (χ1n) is 4.93. The van der Waals surface area contributed by atoms with E-state index in [0.29, 0.717) is 0 Å². The molecule has 0 aliphatic rings. The van der Waals surface area contributed by atoms with Gasteiger partial charge in [-0.3, -0.25) is 19.2 Å². The number of rotatable bonds is 7. The summed E-state index contributed by atoms with van der Waals surface area (Å²) in [5, 5.41) is 34.1. The first kappa shape index (κ1) is 25.9. The van der Waals surface area contributed by atoms with Crippen LogP contribution < -0.4 is 0 Å². The maximum absolute atomic E-state index is 10.6. The zero-order valence-corrected chi connectivity index (χ0v) is 11.1. The standard InChI is InChI=1S/C8H10O8.Na.H3O4P.H/c9-5(10)1-3(7(13)14)4(8(15)16)2-6(11)12;;1-5(2,3)4;/h3-4H,1-2H2,(H,9,10)(H,11,12)(H,13,14)(H,15,16);;(H3,1,2,3,4);. The molecule has 0 bridgehead atoms. The second-order valence-corrected chi connectivity index (χ2v) is 4.63. The van der Waals surface area contributed by atoms with Gasteiger partial charge in [0.2, 0.25) is 0 Å². The molecule has 12 nitrogen and oxygen atoms in total. The number of hydrogen-bond acceptors (Lipinski definition) is 5. The third-order valence-electron chi connectivity index (χ3n) is 1.91. The first-order chi connectivity index (χ1) is 9.25. The van der Waals surface area contributed by atoms with E-state index in [1.807, 2.05) is 0 Å². The molecule has 0 fully saturated rings. The van der Waals surface area contributed by atoms with E-state index < -0.39 is 56.4 Å². The average Bonchev–Trinajstić information content (AvgIpc) is 2.19. The molecule has 2 unspecified atom stereocenters. The third-order valence-corrected chi connectivity index (χ3v) is 1.91. The Bertz CT molecular complexity index is 416. The van der Waals surface area contributed by atoms with Gasteiger partial charge < -0.3 is 35.1 Å². The van der Waals surface area contributed by atoms with Crippen LogP contribution >= 0.6 is 7.82 Å². The van der Waals surface area contributed by atoms with Crippen LogP contribution in [0.4, 0.5) is 0 Å². The molecule has 0 amide bonds. The molecule has 0 aliphatic carbocycles. The zero-order valence-electron chi connectivity index (χ0n) is 10.2. The van der Waals surface area contributed by atoms with Crippen LogP contribution in [0.25, 0.3) is 0 Å². The number of carbonyl (C=O) groups is 4. The molecule has 124 valence electrons. The molecule has 2 atom stereocenters. The van der Waals surface area contributed by atoms with Crippen molar-refractivity contribution in [3.63, 3.8) is 0 Å². The summed E-state index contributed by atoms with van der Waals surface area (Å²) in [5.74, 6) is -9.79. The van der Waals surface area contributed by atoms with Crippen LogP contribution in [-0.4, -0.2) is 88.5 Å². The molecule has 0 aromatic carbocycles. The van der Waals surface area contributed by atoms with E-state index in [-0.39, 0.29) is 29.6 Å². The van der Waals surface area contributed by atoms with E-state index >= 15 is 0 Å². The molecule has 0 radical (unpaired) electrons. The first-order valence-corrected chi connectivity index (χ1v) is 6.49. The van der Waals surface area contributed by atoms with E-state index in [4.69, 9.17) is 39.7 Å². The number of carboxylic acid groups (broad SMARTS) is 4. The van der Waals surface area contributed by atoms with Crippen molar-refractivity contribution in [3.8, 4) is 0 Å². The van der Waals surface area contributed by atoms with Crippen LogP contribution in [0.15, 0.2) is 0 Å². The van der Waals surface area contributed by atoms with E-state index in [1.54, 1.807) is 0 Å². The summed E-state index contributed by atoms with van der Waals surface area (Å²) in [6, 6.07) is 0. The van der Waals surface area contributed by atoms with Crippen LogP contribution in [0.2, 0.25) is 0 Å². The van der Waals surface area contributed by atoms with Gasteiger partial charge in [0.05, 0.1) is 24.7 Å². The molecule has 0 aromatic rings.